The normalized spacial score (nSPS) is 20.1. The standard InChI is InChI=1S/C39H48N8O13S/c1-20(46(2)35(54)27-16-22-7-5-9-29(49)25(22)19-40-27)32(34(53)41-18-24-17-30(50)36(60-24)47-12-10-31(51)44-39(47)58)45-33(52)26(11-13-61(3)59)42-38(57)43-28(37(55)56)15-21-6-4-8-23(48)14-21/h4-10,12,14,18,20,26-28,30,32,36,40,48-50H,11,13,15-17,19H2,1-3H3,(H,41,53)(H,45,52)(H,55,56)(H2,42,43,57)(H,44,51,58). The van der Waals surface area contributed by atoms with Crippen LogP contribution in [0.1, 0.15) is 42.7 Å². The Balaban J connectivity index is 1.36. The average molecular weight is 869 g/mol. The minimum atomic E-state index is -1.56. The smallest absolute Gasteiger partial charge is 0.331 e. The second kappa shape index (κ2) is 20.2. The lowest BCUT2D eigenvalue weighted by molar-refractivity contribution is -0.139. The van der Waals surface area contributed by atoms with Gasteiger partial charge in [0.25, 0.3) is 5.56 Å². The Hall–Kier alpha value is -6.52. The van der Waals surface area contributed by atoms with Crippen LogP contribution in [0.2, 0.25) is 0 Å². The molecule has 0 bridgehead atoms. The summed E-state index contributed by atoms with van der Waals surface area (Å²) < 4.78 is 18.8. The van der Waals surface area contributed by atoms with E-state index in [2.05, 4.69) is 31.6 Å². The fourth-order valence-electron chi connectivity index (χ4n) is 6.86. The number of H-pyrrole nitrogens is 1. The number of aliphatic hydroxyl groups excluding tert-OH is 1. The number of phenolic OH excluding ortho intramolecular Hbond substituents is 2. The number of ether oxygens (including phenoxy) is 1. The second-order valence-corrected chi connectivity index (χ2v) is 16.2. The van der Waals surface area contributed by atoms with Crippen molar-refractivity contribution in [3.05, 3.63) is 104 Å². The van der Waals surface area contributed by atoms with Crippen molar-refractivity contribution in [1.29, 1.82) is 0 Å². The summed E-state index contributed by atoms with van der Waals surface area (Å²) in [5, 5.41) is 53.4. The van der Waals surface area contributed by atoms with Crippen LogP contribution in [-0.2, 0) is 54.1 Å². The van der Waals surface area contributed by atoms with Crippen molar-refractivity contribution in [2.75, 3.05) is 19.1 Å². The number of fused-ring (bicyclic) bond motifs is 1. The molecule has 1 fully saturated rings. The molecule has 1 aromatic heterocycles. The van der Waals surface area contributed by atoms with Gasteiger partial charge in [0.15, 0.2) is 0 Å². The summed E-state index contributed by atoms with van der Waals surface area (Å²) in [6, 6.07) is 4.29. The number of aliphatic hydroxyl groups is 1. The maximum atomic E-state index is 14.0. The van der Waals surface area contributed by atoms with Gasteiger partial charge in [0.05, 0.1) is 12.1 Å². The molecule has 8 atom stereocenters. The molecule has 2 aliphatic heterocycles. The van der Waals surface area contributed by atoms with Gasteiger partial charge in [-0.15, -0.1) is 0 Å². The first-order valence-corrected chi connectivity index (χ1v) is 20.8. The third-order valence-corrected chi connectivity index (χ3v) is 11.1. The number of aliphatic carboxylic acids is 1. The Bertz CT molecular complexity index is 2320. The van der Waals surface area contributed by atoms with Crippen LogP contribution in [0, 0.1) is 0 Å². The van der Waals surface area contributed by atoms with Crippen LogP contribution in [0.25, 0.3) is 0 Å². The molecule has 5 rings (SSSR count). The van der Waals surface area contributed by atoms with Crippen LogP contribution in [0.5, 0.6) is 11.5 Å². The summed E-state index contributed by atoms with van der Waals surface area (Å²) in [4.78, 5) is 94.5. The SMILES string of the molecule is CC(C(NC(=O)C(CCS(C)=O)NC(=O)NC(Cc1cccc(O)c1)C(=O)O)C(=O)NC=C1CC(O)C(n2ccc(=O)[nH]c2=O)O1)N(C)C(=O)C1Cc2cccc(O)c2CN1. The summed E-state index contributed by atoms with van der Waals surface area (Å²) in [7, 11) is -0.0418. The maximum Gasteiger partial charge on any atom is 0.331 e. The highest BCUT2D eigenvalue weighted by Gasteiger charge is 2.38. The highest BCUT2D eigenvalue weighted by Crippen LogP contribution is 2.30. The van der Waals surface area contributed by atoms with E-state index in [1.807, 2.05) is 0 Å². The molecule has 0 spiro atoms. The maximum absolute atomic E-state index is 14.0. The predicted octanol–water partition coefficient (Wildman–Crippen LogP) is -1.64. The van der Waals surface area contributed by atoms with Crippen molar-refractivity contribution in [3.8, 4) is 11.5 Å². The van der Waals surface area contributed by atoms with Crippen molar-refractivity contribution in [2.24, 2.45) is 0 Å². The molecular formula is C39H48N8O13S. The molecule has 5 amide bonds. The van der Waals surface area contributed by atoms with Gasteiger partial charge >= 0.3 is 17.7 Å². The van der Waals surface area contributed by atoms with Crippen molar-refractivity contribution in [3.63, 3.8) is 0 Å². The van der Waals surface area contributed by atoms with Gasteiger partial charge in [-0.3, -0.25) is 32.9 Å². The molecule has 22 heteroatoms. The number of carboxylic acids is 1. The number of likely N-dealkylation sites (N-methyl/N-ethyl adjacent to an activating group) is 1. The number of aromatic nitrogens is 2. The van der Waals surface area contributed by atoms with E-state index >= 15 is 0 Å². The first-order valence-electron chi connectivity index (χ1n) is 19.0. The Morgan fingerprint density at radius 3 is 2.43 bits per heavy atom. The zero-order valence-corrected chi connectivity index (χ0v) is 34.1. The van der Waals surface area contributed by atoms with Crippen LogP contribution < -0.4 is 37.8 Å². The van der Waals surface area contributed by atoms with E-state index in [1.54, 1.807) is 18.2 Å². The van der Waals surface area contributed by atoms with Gasteiger partial charge in [-0.05, 0) is 49.1 Å². The number of carbonyl (C=O) groups is 5. The zero-order chi connectivity index (χ0) is 44.5. The number of carboxylic acid groups (broad SMARTS) is 1. The molecule has 0 aliphatic carbocycles. The quantitative estimate of drug-likeness (QED) is 0.0773. The summed E-state index contributed by atoms with van der Waals surface area (Å²) in [5.74, 6) is -3.85. The molecule has 8 unspecified atom stereocenters. The van der Waals surface area contributed by atoms with E-state index in [1.165, 1.54) is 49.4 Å². The third-order valence-electron chi connectivity index (χ3n) is 10.3. The van der Waals surface area contributed by atoms with Gasteiger partial charge in [-0.2, -0.15) is 0 Å². The first-order chi connectivity index (χ1) is 28.9. The topological polar surface area (TPSA) is 311 Å². The number of phenols is 2. The Morgan fingerprint density at radius 2 is 1.74 bits per heavy atom. The number of amides is 5. The van der Waals surface area contributed by atoms with E-state index in [0.29, 0.717) is 11.1 Å². The predicted molar refractivity (Wildman–Crippen MR) is 217 cm³/mol. The molecule has 328 valence electrons. The van der Waals surface area contributed by atoms with Gasteiger partial charge < -0.3 is 56.6 Å². The molecule has 1 saturated heterocycles. The minimum absolute atomic E-state index is 0.0137. The Kier molecular flexibility index (Phi) is 15.1. The van der Waals surface area contributed by atoms with E-state index in [4.69, 9.17) is 4.74 Å². The molecule has 3 heterocycles. The van der Waals surface area contributed by atoms with Gasteiger partial charge in [0.1, 0.15) is 41.5 Å². The number of aromatic hydroxyl groups is 2. The average Bonchev–Trinajstić information content (AvgIpc) is 3.58. The van der Waals surface area contributed by atoms with Crippen molar-refractivity contribution in [1.82, 2.24) is 41.0 Å². The summed E-state index contributed by atoms with van der Waals surface area (Å²) in [5.41, 5.74) is 0.250. The Labute approximate surface area is 350 Å². The van der Waals surface area contributed by atoms with Crippen LogP contribution in [0.3, 0.4) is 0 Å². The number of urea groups is 1. The van der Waals surface area contributed by atoms with Crippen LogP contribution in [0.15, 0.2) is 76.3 Å². The Morgan fingerprint density at radius 1 is 1.02 bits per heavy atom. The van der Waals surface area contributed by atoms with Crippen LogP contribution in [0.4, 0.5) is 4.79 Å². The van der Waals surface area contributed by atoms with E-state index in [0.717, 1.165) is 28.6 Å². The molecule has 2 aromatic carbocycles. The fraction of sp³-hybridized carbons (Fsp3) is 0.410. The molecule has 61 heavy (non-hydrogen) atoms. The van der Waals surface area contributed by atoms with Gasteiger partial charge in [0.2, 0.25) is 23.9 Å². The van der Waals surface area contributed by atoms with Crippen molar-refractivity contribution in [2.45, 2.75) is 81.7 Å². The minimum Gasteiger partial charge on any atom is -0.508 e. The lowest BCUT2D eigenvalue weighted by Crippen LogP contribution is -2.62. The van der Waals surface area contributed by atoms with Crippen molar-refractivity contribution >= 4 is 40.5 Å². The van der Waals surface area contributed by atoms with E-state index < -0.39 is 94.3 Å². The molecule has 3 aromatic rings. The van der Waals surface area contributed by atoms with E-state index in [-0.39, 0.29) is 55.2 Å². The number of hydrogen-bond acceptors (Lipinski definition) is 13. The molecule has 0 saturated carbocycles. The lowest BCUT2D eigenvalue weighted by atomic mass is 9.94. The molecule has 10 N–H and O–H groups in total. The van der Waals surface area contributed by atoms with Gasteiger partial charge in [-0.25, -0.2) is 14.4 Å². The first kappa shape index (κ1) is 45.6. The summed E-state index contributed by atoms with van der Waals surface area (Å²) in [6.45, 7) is 1.67. The summed E-state index contributed by atoms with van der Waals surface area (Å²) in [6.07, 6.45) is 0.648. The molecular weight excluding hydrogens is 821 g/mol. The van der Waals surface area contributed by atoms with Gasteiger partial charge in [-0.1, -0.05) is 24.3 Å². The zero-order valence-electron chi connectivity index (χ0n) is 33.3. The van der Waals surface area contributed by atoms with Crippen LogP contribution in [-0.4, -0.2) is 124 Å². The monoisotopic (exact) mass is 868 g/mol. The van der Waals surface area contributed by atoms with Gasteiger partial charge in [0, 0.05) is 73.3 Å². The number of nitrogens with zero attached hydrogens (tertiary/aromatic N) is 2. The fourth-order valence-corrected chi connectivity index (χ4v) is 7.43. The molecule has 21 nitrogen and oxygen atoms in total. The lowest BCUT2D eigenvalue weighted by Gasteiger charge is -2.36. The third kappa shape index (κ3) is 11.8. The number of aromatic amines is 1. The number of rotatable bonds is 16. The highest BCUT2D eigenvalue weighted by atomic mass is 32.2. The van der Waals surface area contributed by atoms with Crippen LogP contribution >= 0.6 is 0 Å². The largest absolute Gasteiger partial charge is 0.508 e. The number of nitrogens with one attached hydrogen (secondary N) is 6. The number of hydrogen-bond donors (Lipinski definition) is 10. The van der Waals surface area contributed by atoms with E-state index in [9.17, 15) is 58.2 Å². The number of benzene rings is 2. The summed E-state index contributed by atoms with van der Waals surface area (Å²) >= 11 is 0. The van der Waals surface area contributed by atoms with Crippen molar-refractivity contribution < 1.29 is 53.3 Å². The molecule has 2 aliphatic rings. The highest BCUT2D eigenvalue weighted by molar-refractivity contribution is 7.84. The second-order valence-electron chi connectivity index (χ2n) is 14.6. The molecule has 0 radical (unpaired) electrons. The number of carbonyl (C=O) groups excluding carboxylic acids is 4.